The largest absolute Gasteiger partial charge is 0.496 e. The number of methoxy groups -OCH3 is 1. The molecule has 0 unspecified atom stereocenters. The van der Waals surface area contributed by atoms with Gasteiger partial charge in [-0.05, 0) is 29.7 Å². The van der Waals surface area contributed by atoms with Crippen LogP contribution in [0.4, 0.5) is 0 Å². The fourth-order valence-corrected chi connectivity index (χ4v) is 2.13. The van der Waals surface area contributed by atoms with Crippen molar-refractivity contribution in [1.29, 1.82) is 0 Å². The highest BCUT2D eigenvalue weighted by Gasteiger charge is 2.02. The molecule has 0 aromatic heterocycles. The van der Waals surface area contributed by atoms with Crippen molar-refractivity contribution in [2.24, 2.45) is 0 Å². The summed E-state index contributed by atoms with van der Waals surface area (Å²) in [7, 11) is 1.63. The number of hydrogen-bond acceptors (Lipinski definition) is 2. The maximum Gasteiger partial charge on any atom is 0.244 e. The summed E-state index contributed by atoms with van der Waals surface area (Å²) in [6.07, 6.45) is 4.39. The van der Waals surface area contributed by atoms with Crippen molar-refractivity contribution in [3.63, 3.8) is 0 Å². The quantitative estimate of drug-likeness (QED) is 0.827. The van der Waals surface area contributed by atoms with E-state index in [4.69, 9.17) is 4.74 Å². The number of hydrogen-bond donors (Lipinski definition) is 1. The summed E-state index contributed by atoms with van der Waals surface area (Å²) in [4.78, 5) is 11.9. The maximum absolute atomic E-state index is 11.9. The number of nitrogens with one attached hydrogen (secondary N) is 1. The summed E-state index contributed by atoms with van der Waals surface area (Å²) in [5, 5.41) is 2.86. The zero-order valence-corrected chi connectivity index (χ0v) is 13.0. The van der Waals surface area contributed by atoms with E-state index < -0.39 is 0 Å². The minimum absolute atomic E-state index is 0.120. The van der Waals surface area contributed by atoms with Gasteiger partial charge in [0.05, 0.1) is 7.11 Å². The maximum atomic E-state index is 11.9. The molecule has 1 amide bonds. The first-order valence-corrected chi connectivity index (χ1v) is 7.39. The molecule has 22 heavy (non-hydrogen) atoms. The Morgan fingerprint density at radius 2 is 1.86 bits per heavy atom. The Hall–Kier alpha value is -2.55. The van der Waals surface area contributed by atoms with E-state index in [-0.39, 0.29) is 5.91 Å². The van der Waals surface area contributed by atoms with E-state index in [0.717, 1.165) is 23.3 Å². The predicted molar refractivity (Wildman–Crippen MR) is 89.7 cm³/mol. The van der Waals surface area contributed by atoms with Crippen LogP contribution in [-0.4, -0.2) is 13.0 Å². The number of carbonyl (C=O) groups excluding carboxylic acids is 1. The Morgan fingerprint density at radius 1 is 1.14 bits per heavy atom. The van der Waals surface area contributed by atoms with Gasteiger partial charge in [0.25, 0.3) is 0 Å². The molecule has 0 saturated heterocycles. The molecule has 3 heteroatoms. The lowest BCUT2D eigenvalue weighted by molar-refractivity contribution is -0.116. The normalized spacial score (nSPS) is 10.6. The minimum Gasteiger partial charge on any atom is -0.496 e. The van der Waals surface area contributed by atoms with Gasteiger partial charge < -0.3 is 10.1 Å². The van der Waals surface area contributed by atoms with E-state index in [0.29, 0.717) is 6.54 Å². The third-order valence-electron chi connectivity index (χ3n) is 3.46. The van der Waals surface area contributed by atoms with Crippen LogP contribution in [0.1, 0.15) is 23.6 Å². The molecule has 0 atom stereocenters. The van der Waals surface area contributed by atoms with Crippen LogP contribution in [0.5, 0.6) is 5.75 Å². The first-order chi connectivity index (χ1) is 10.7. The number of rotatable bonds is 6. The highest BCUT2D eigenvalue weighted by molar-refractivity contribution is 5.91. The lowest BCUT2D eigenvalue weighted by Gasteiger charge is -2.08. The van der Waals surface area contributed by atoms with Crippen LogP contribution in [0.2, 0.25) is 0 Å². The number of amides is 1. The van der Waals surface area contributed by atoms with Crippen molar-refractivity contribution in [3.8, 4) is 5.75 Å². The topological polar surface area (TPSA) is 38.3 Å². The molecule has 2 aromatic carbocycles. The molecule has 0 spiro atoms. The molecule has 1 N–H and O–H groups in total. The molecule has 0 saturated carbocycles. The van der Waals surface area contributed by atoms with Crippen molar-refractivity contribution in [3.05, 3.63) is 71.3 Å². The molecule has 3 nitrogen and oxygen atoms in total. The Bertz CT molecular complexity index is 645. The average molecular weight is 295 g/mol. The van der Waals surface area contributed by atoms with Crippen molar-refractivity contribution in [2.45, 2.75) is 19.9 Å². The second-order valence-corrected chi connectivity index (χ2v) is 4.96. The molecule has 0 bridgehead atoms. The van der Waals surface area contributed by atoms with Crippen molar-refractivity contribution in [1.82, 2.24) is 5.32 Å². The van der Waals surface area contributed by atoms with E-state index in [1.165, 1.54) is 5.56 Å². The Kier molecular flexibility index (Phi) is 5.78. The molecule has 0 heterocycles. The fourth-order valence-electron chi connectivity index (χ4n) is 2.13. The van der Waals surface area contributed by atoms with Gasteiger partial charge in [-0.3, -0.25) is 4.79 Å². The number of ether oxygens (including phenoxy) is 1. The summed E-state index contributed by atoms with van der Waals surface area (Å²) in [6, 6.07) is 15.8. The molecule has 114 valence electrons. The Morgan fingerprint density at radius 3 is 2.55 bits per heavy atom. The van der Waals surface area contributed by atoms with Gasteiger partial charge in [-0.25, -0.2) is 0 Å². The summed E-state index contributed by atoms with van der Waals surface area (Å²) >= 11 is 0. The van der Waals surface area contributed by atoms with Crippen molar-refractivity contribution < 1.29 is 9.53 Å². The molecule has 0 fully saturated rings. The van der Waals surface area contributed by atoms with Crippen LogP contribution in [0.15, 0.2) is 54.6 Å². The molecule has 0 radical (unpaired) electrons. The Labute approximate surface area is 131 Å². The molecule has 2 rings (SSSR count). The Balaban J connectivity index is 1.90. The SMILES string of the molecule is CCc1ccc(/C=C/C(=O)NCc2ccccc2OC)cc1. The van der Waals surface area contributed by atoms with E-state index in [1.807, 2.05) is 42.5 Å². The third-order valence-corrected chi connectivity index (χ3v) is 3.46. The van der Waals surface area contributed by atoms with Crippen LogP contribution in [-0.2, 0) is 17.8 Å². The molecule has 0 aliphatic rings. The second-order valence-electron chi connectivity index (χ2n) is 4.96. The van der Waals surface area contributed by atoms with Gasteiger partial charge in [0, 0.05) is 18.2 Å². The van der Waals surface area contributed by atoms with E-state index in [2.05, 4.69) is 24.4 Å². The van der Waals surface area contributed by atoms with Gasteiger partial charge in [-0.2, -0.15) is 0 Å². The zero-order chi connectivity index (χ0) is 15.8. The van der Waals surface area contributed by atoms with E-state index >= 15 is 0 Å². The van der Waals surface area contributed by atoms with Gasteiger partial charge in [0.1, 0.15) is 5.75 Å². The van der Waals surface area contributed by atoms with Gasteiger partial charge in [0.15, 0.2) is 0 Å². The molecular weight excluding hydrogens is 274 g/mol. The second kappa shape index (κ2) is 8.03. The van der Waals surface area contributed by atoms with Gasteiger partial charge in [-0.15, -0.1) is 0 Å². The first-order valence-electron chi connectivity index (χ1n) is 7.39. The third kappa shape index (κ3) is 4.48. The molecule has 0 aliphatic carbocycles. The molecule has 0 aliphatic heterocycles. The van der Waals surface area contributed by atoms with E-state index in [1.54, 1.807) is 13.2 Å². The smallest absolute Gasteiger partial charge is 0.244 e. The van der Waals surface area contributed by atoms with Crippen molar-refractivity contribution in [2.75, 3.05) is 7.11 Å². The fraction of sp³-hybridized carbons (Fsp3) is 0.211. The molecular formula is C19H21NO2. The van der Waals surface area contributed by atoms with Crippen LogP contribution in [0, 0.1) is 0 Å². The minimum atomic E-state index is -0.120. The first kappa shape index (κ1) is 15.8. The van der Waals surface area contributed by atoms with Gasteiger partial charge in [-0.1, -0.05) is 49.4 Å². The lowest BCUT2D eigenvalue weighted by atomic mass is 10.1. The number of benzene rings is 2. The number of carbonyl (C=O) groups is 1. The summed E-state index contributed by atoms with van der Waals surface area (Å²) < 4.78 is 5.26. The summed E-state index contributed by atoms with van der Waals surface area (Å²) in [5.74, 6) is 0.660. The highest BCUT2D eigenvalue weighted by atomic mass is 16.5. The van der Waals surface area contributed by atoms with Crippen LogP contribution < -0.4 is 10.1 Å². The number of aryl methyl sites for hydroxylation is 1. The van der Waals surface area contributed by atoms with Crippen LogP contribution in [0.3, 0.4) is 0 Å². The van der Waals surface area contributed by atoms with Crippen LogP contribution >= 0.6 is 0 Å². The lowest BCUT2D eigenvalue weighted by Crippen LogP contribution is -2.20. The summed E-state index contributed by atoms with van der Waals surface area (Å²) in [6.45, 7) is 2.57. The van der Waals surface area contributed by atoms with E-state index in [9.17, 15) is 4.79 Å². The van der Waals surface area contributed by atoms with Crippen LogP contribution in [0.25, 0.3) is 6.08 Å². The van der Waals surface area contributed by atoms with Crippen molar-refractivity contribution >= 4 is 12.0 Å². The van der Waals surface area contributed by atoms with Gasteiger partial charge in [0.2, 0.25) is 5.91 Å². The zero-order valence-electron chi connectivity index (χ0n) is 13.0. The highest BCUT2D eigenvalue weighted by Crippen LogP contribution is 2.16. The standard InChI is InChI=1S/C19H21NO2/c1-3-15-8-10-16(11-9-15)12-13-19(21)20-14-17-6-4-5-7-18(17)22-2/h4-13H,3,14H2,1-2H3,(H,20,21)/b13-12+. The predicted octanol–water partition coefficient (Wildman–Crippen LogP) is 3.59. The molecule has 2 aromatic rings. The monoisotopic (exact) mass is 295 g/mol. The van der Waals surface area contributed by atoms with Gasteiger partial charge >= 0.3 is 0 Å². The number of para-hydroxylation sites is 1. The average Bonchev–Trinajstić information content (AvgIpc) is 2.58. The summed E-state index contributed by atoms with van der Waals surface area (Å²) in [5.41, 5.74) is 3.27.